The van der Waals surface area contributed by atoms with E-state index in [0.717, 1.165) is 24.4 Å². The molecule has 1 saturated heterocycles. The number of rotatable bonds is 4. The van der Waals surface area contributed by atoms with Gasteiger partial charge < -0.3 is 10.4 Å². The van der Waals surface area contributed by atoms with Gasteiger partial charge >= 0.3 is 0 Å². The molecule has 0 unspecified atom stereocenters. The number of nitrogens with zero attached hydrogens (tertiary/aromatic N) is 1. The van der Waals surface area contributed by atoms with Crippen molar-refractivity contribution >= 4 is 15.7 Å². The van der Waals surface area contributed by atoms with Crippen molar-refractivity contribution in [3.05, 3.63) is 24.3 Å². The van der Waals surface area contributed by atoms with Gasteiger partial charge in [-0.1, -0.05) is 13.0 Å². The van der Waals surface area contributed by atoms with E-state index in [9.17, 15) is 13.5 Å². The summed E-state index contributed by atoms with van der Waals surface area (Å²) in [6, 6.07) is 7.56. The standard InChI is InChI=1S/C17H26N2O3S/c1-13-5-6-15(11-13)18-14-3-2-4-17(12-14)23(21,22)19-9-7-16(20)8-10-19/h2-4,12-13,15-16,18,20H,5-11H2,1H3/t13-,15-/m1/s1. The molecule has 1 aliphatic carbocycles. The first-order valence-electron chi connectivity index (χ1n) is 8.50. The van der Waals surface area contributed by atoms with Gasteiger partial charge in [0.1, 0.15) is 0 Å². The van der Waals surface area contributed by atoms with Crippen molar-refractivity contribution in [2.75, 3.05) is 18.4 Å². The van der Waals surface area contributed by atoms with E-state index in [-0.39, 0.29) is 6.10 Å². The second-order valence-corrected chi connectivity index (χ2v) is 8.86. The molecule has 1 saturated carbocycles. The van der Waals surface area contributed by atoms with Gasteiger partial charge in [0.25, 0.3) is 0 Å². The summed E-state index contributed by atoms with van der Waals surface area (Å²) in [5.74, 6) is 0.735. The minimum absolute atomic E-state index is 0.338. The lowest BCUT2D eigenvalue weighted by atomic mass is 10.1. The van der Waals surface area contributed by atoms with Crippen LogP contribution in [0.1, 0.15) is 39.0 Å². The van der Waals surface area contributed by atoms with Gasteiger partial charge in [0.05, 0.1) is 11.0 Å². The number of aliphatic hydroxyl groups is 1. The van der Waals surface area contributed by atoms with Gasteiger partial charge in [0.15, 0.2) is 0 Å². The second-order valence-electron chi connectivity index (χ2n) is 6.92. The highest BCUT2D eigenvalue weighted by Gasteiger charge is 2.29. The molecule has 2 atom stereocenters. The third-order valence-electron chi connectivity index (χ3n) is 4.96. The van der Waals surface area contributed by atoms with Crippen LogP contribution in [0.3, 0.4) is 0 Å². The lowest BCUT2D eigenvalue weighted by Gasteiger charge is -2.29. The Morgan fingerprint density at radius 3 is 2.57 bits per heavy atom. The van der Waals surface area contributed by atoms with E-state index < -0.39 is 10.0 Å². The minimum atomic E-state index is -3.47. The molecule has 5 nitrogen and oxygen atoms in total. The van der Waals surface area contributed by atoms with Gasteiger partial charge in [0.2, 0.25) is 10.0 Å². The van der Waals surface area contributed by atoms with E-state index >= 15 is 0 Å². The topological polar surface area (TPSA) is 69.6 Å². The lowest BCUT2D eigenvalue weighted by molar-refractivity contribution is 0.113. The molecule has 6 heteroatoms. The molecule has 128 valence electrons. The first kappa shape index (κ1) is 16.7. The maximum atomic E-state index is 12.8. The summed E-state index contributed by atoms with van der Waals surface area (Å²) in [6.07, 6.45) is 4.15. The Balaban J connectivity index is 1.73. The lowest BCUT2D eigenvalue weighted by Crippen LogP contribution is -2.40. The van der Waals surface area contributed by atoms with Gasteiger partial charge in [-0.15, -0.1) is 0 Å². The zero-order valence-electron chi connectivity index (χ0n) is 13.6. The Bertz CT molecular complexity index is 639. The zero-order chi connectivity index (χ0) is 16.4. The van der Waals surface area contributed by atoms with Crippen molar-refractivity contribution in [2.24, 2.45) is 5.92 Å². The van der Waals surface area contributed by atoms with Gasteiger partial charge in [-0.25, -0.2) is 8.42 Å². The second kappa shape index (κ2) is 6.79. The predicted molar refractivity (Wildman–Crippen MR) is 90.9 cm³/mol. The average Bonchev–Trinajstić information content (AvgIpc) is 2.93. The number of nitrogens with one attached hydrogen (secondary N) is 1. The summed E-state index contributed by atoms with van der Waals surface area (Å²) in [5, 5.41) is 13.0. The highest BCUT2D eigenvalue weighted by molar-refractivity contribution is 7.89. The molecule has 0 spiro atoms. The maximum Gasteiger partial charge on any atom is 0.243 e. The Hall–Kier alpha value is -1.11. The molecule has 2 fully saturated rings. The van der Waals surface area contributed by atoms with Crippen LogP contribution in [0.5, 0.6) is 0 Å². The summed E-state index contributed by atoms with van der Waals surface area (Å²) in [6.45, 7) is 3.04. The van der Waals surface area contributed by atoms with Crippen molar-refractivity contribution < 1.29 is 13.5 Å². The molecule has 0 amide bonds. The summed E-state index contributed by atoms with van der Waals surface area (Å²) in [4.78, 5) is 0.338. The number of hydrogen-bond donors (Lipinski definition) is 2. The molecule has 3 rings (SSSR count). The maximum absolute atomic E-state index is 12.8. The van der Waals surface area contributed by atoms with Crippen molar-refractivity contribution in [1.82, 2.24) is 4.31 Å². The monoisotopic (exact) mass is 338 g/mol. The average molecular weight is 338 g/mol. The van der Waals surface area contributed by atoms with Crippen LogP contribution in [0.15, 0.2) is 29.2 Å². The van der Waals surface area contributed by atoms with Crippen LogP contribution in [0.2, 0.25) is 0 Å². The zero-order valence-corrected chi connectivity index (χ0v) is 14.4. The molecule has 1 heterocycles. The first-order chi connectivity index (χ1) is 10.9. The highest BCUT2D eigenvalue weighted by atomic mass is 32.2. The van der Waals surface area contributed by atoms with Gasteiger partial charge in [-0.2, -0.15) is 4.31 Å². The molecule has 0 aromatic heterocycles. The van der Waals surface area contributed by atoms with Crippen LogP contribution in [0.4, 0.5) is 5.69 Å². The van der Waals surface area contributed by atoms with Crippen LogP contribution in [-0.4, -0.2) is 43.1 Å². The van der Waals surface area contributed by atoms with Crippen molar-refractivity contribution in [3.63, 3.8) is 0 Å². The van der Waals surface area contributed by atoms with E-state index in [2.05, 4.69) is 12.2 Å². The smallest absolute Gasteiger partial charge is 0.243 e. The molecular formula is C17H26N2O3S. The van der Waals surface area contributed by atoms with Crippen molar-refractivity contribution in [1.29, 1.82) is 0 Å². The molecule has 0 bridgehead atoms. The number of aliphatic hydroxyl groups excluding tert-OH is 1. The van der Waals surface area contributed by atoms with Crippen molar-refractivity contribution in [3.8, 4) is 0 Å². The molecule has 2 aliphatic rings. The minimum Gasteiger partial charge on any atom is -0.393 e. The van der Waals surface area contributed by atoms with E-state index in [1.54, 1.807) is 18.2 Å². The van der Waals surface area contributed by atoms with Crippen LogP contribution >= 0.6 is 0 Å². The predicted octanol–water partition coefficient (Wildman–Crippen LogP) is 2.43. The van der Waals surface area contributed by atoms with Gasteiger partial charge in [-0.3, -0.25) is 0 Å². The van der Waals surface area contributed by atoms with Crippen LogP contribution in [0, 0.1) is 5.92 Å². The Morgan fingerprint density at radius 1 is 1.17 bits per heavy atom. The molecule has 0 radical (unpaired) electrons. The largest absolute Gasteiger partial charge is 0.393 e. The number of hydrogen-bond acceptors (Lipinski definition) is 4. The molecule has 1 aromatic rings. The quantitative estimate of drug-likeness (QED) is 0.885. The van der Waals surface area contributed by atoms with E-state index in [4.69, 9.17) is 0 Å². The Morgan fingerprint density at radius 2 is 1.91 bits per heavy atom. The molecule has 2 N–H and O–H groups in total. The van der Waals surface area contributed by atoms with Crippen LogP contribution in [-0.2, 0) is 10.0 Å². The SMILES string of the molecule is C[C@@H]1CC[C@@H](Nc2cccc(S(=O)(=O)N3CCC(O)CC3)c2)C1. The highest BCUT2D eigenvalue weighted by Crippen LogP contribution is 2.29. The number of benzene rings is 1. The van der Waals surface area contributed by atoms with Gasteiger partial charge in [-0.05, 0) is 56.2 Å². The first-order valence-corrected chi connectivity index (χ1v) is 9.94. The summed E-state index contributed by atoms with van der Waals surface area (Å²) < 4.78 is 27.0. The molecule has 1 aliphatic heterocycles. The Labute approximate surface area is 138 Å². The fourth-order valence-electron chi connectivity index (χ4n) is 3.55. The fourth-order valence-corrected chi connectivity index (χ4v) is 5.07. The molecule has 23 heavy (non-hydrogen) atoms. The summed E-state index contributed by atoms with van der Waals surface area (Å²) >= 11 is 0. The Kier molecular flexibility index (Phi) is 4.94. The summed E-state index contributed by atoms with van der Waals surface area (Å²) in [7, 11) is -3.47. The van der Waals surface area contributed by atoms with Crippen molar-refractivity contribution in [2.45, 2.75) is 56.1 Å². The van der Waals surface area contributed by atoms with Gasteiger partial charge in [0, 0.05) is 24.8 Å². The number of sulfonamides is 1. The van der Waals surface area contributed by atoms with E-state index in [1.165, 1.54) is 10.7 Å². The normalized spacial score (nSPS) is 27.2. The third-order valence-corrected chi connectivity index (χ3v) is 6.86. The summed E-state index contributed by atoms with van der Waals surface area (Å²) in [5.41, 5.74) is 0.877. The third kappa shape index (κ3) is 3.87. The number of piperidine rings is 1. The van der Waals surface area contributed by atoms with E-state index in [0.29, 0.717) is 36.9 Å². The molecule has 1 aromatic carbocycles. The number of anilines is 1. The van der Waals surface area contributed by atoms with Crippen LogP contribution < -0.4 is 5.32 Å². The molecular weight excluding hydrogens is 312 g/mol. The van der Waals surface area contributed by atoms with E-state index in [1.807, 2.05) is 6.07 Å². The fraction of sp³-hybridized carbons (Fsp3) is 0.647. The van der Waals surface area contributed by atoms with Crippen LogP contribution in [0.25, 0.3) is 0 Å².